The largest absolute Gasteiger partial charge is 0.383 e. The fourth-order valence-electron chi connectivity index (χ4n) is 2.44. The fraction of sp³-hybridized carbons (Fsp3) is 0.176. The van der Waals surface area contributed by atoms with E-state index in [0.717, 1.165) is 15.8 Å². The topological polar surface area (TPSA) is 70.2 Å². The molecule has 2 aromatic rings. The molecule has 1 atom stereocenters. The lowest BCUT2D eigenvalue weighted by atomic mass is 10.0. The van der Waals surface area contributed by atoms with Gasteiger partial charge in [0.25, 0.3) is 0 Å². The molecule has 1 heterocycles. The molecule has 2 aromatic carbocycles. The zero-order valence-corrected chi connectivity index (χ0v) is 13.9. The maximum Gasteiger partial charge on any atom is 0.229 e. The second-order valence-electron chi connectivity index (χ2n) is 5.37. The summed E-state index contributed by atoms with van der Waals surface area (Å²) in [5, 5.41) is 8.89. The van der Waals surface area contributed by atoms with E-state index >= 15 is 0 Å². The molecule has 0 saturated heterocycles. The normalized spacial score (nSPS) is 16.6. The first-order valence-electron chi connectivity index (χ1n) is 7.31. The van der Waals surface area contributed by atoms with Crippen LogP contribution in [0.25, 0.3) is 0 Å². The molecule has 3 N–H and O–H groups in total. The highest BCUT2D eigenvalue weighted by atomic mass is 79.9. The maximum atomic E-state index is 12.3. The van der Waals surface area contributed by atoms with Crippen molar-refractivity contribution in [3.8, 4) is 0 Å². The van der Waals surface area contributed by atoms with Crippen molar-refractivity contribution in [2.24, 2.45) is 5.92 Å². The average Bonchev–Trinajstić information content (AvgIpc) is 2.69. The Kier molecular flexibility index (Phi) is 4.62. The second-order valence-corrected chi connectivity index (χ2v) is 6.29. The van der Waals surface area contributed by atoms with Crippen molar-refractivity contribution < 1.29 is 9.59 Å². The molecule has 23 heavy (non-hydrogen) atoms. The highest BCUT2D eigenvalue weighted by molar-refractivity contribution is 9.10. The lowest BCUT2D eigenvalue weighted by molar-refractivity contribution is -0.124. The van der Waals surface area contributed by atoms with Crippen LogP contribution in [0.15, 0.2) is 53.0 Å². The minimum atomic E-state index is -0.419. The summed E-state index contributed by atoms with van der Waals surface area (Å²) in [5.74, 6) is -0.744. The molecular formula is C17H16BrN3O2. The predicted molar refractivity (Wildman–Crippen MR) is 94.4 cm³/mol. The first kappa shape index (κ1) is 15.6. The molecule has 3 rings (SSSR count). The van der Waals surface area contributed by atoms with E-state index < -0.39 is 5.92 Å². The quantitative estimate of drug-likeness (QED) is 0.771. The number of halogens is 1. The van der Waals surface area contributed by atoms with Gasteiger partial charge in [0.05, 0.1) is 17.3 Å². The van der Waals surface area contributed by atoms with Gasteiger partial charge in [0.15, 0.2) is 0 Å². The Morgan fingerprint density at radius 2 is 1.83 bits per heavy atom. The van der Waals surface area contributed by atoms with E-state index in [0.29, 0.717) is 12.2 Å². The summed E-state index contributed by atoms with van der Waals surface area (Å²) >= 11 is 3.35. The van der Waals surface area contributed by atoms with Crippen molar-refractivity contribution in [1.82, 2.24) is 0 Å². The summed E-state index contributed by atoms with van der Waals surface area (Å²) < 4.78 is 0.945. The van der Waals surface area contributed by atoms with E-state index in [1.807, 2.05) is 48.5 Å². The summed E-state index contributed by atoms with van der Waals surface area (Å²) in [4.78, 5) is 24.4. The first-order valence-corrected chi connectivity index (χ1v) is 8.10. The van der Waals surface area contributed by atoms with Crippen molar-refractivity contribution in [1.29, 1.82) is 0 Å². The zero-order valence-electron chi connectivity index (χ0n) is 12.3. The Bertz CT molecular complexity index is 731. The van der Waals surface area contributed by atoms with Crippen molar-refractivity contribution in [2.45, 2.75) is 6.42 Å². The van der Waals surface area contributed by atoms with E-state index in [4.69, 9.17) is 0 Å². The molecule has 0 aliphatic carbocycles. The Balaban J connectivity index is 1.63. The molecule has 118 valence electrons. The van der Waals surface area contributed by atoms with Crippen molar-refractivity contribution in [2.75, 3.05) is 22.5 Å². The molecule has 0 saturated carbocycles. The van der Waals surface area contributed by atoms with Gasteiger partial charge in [0.2, 0.25) is 11.8 Å². The van der Waals surface area contributed by atoms with Crippen molar-refractivity contribution in [3.05, 3.63) is 53.0 Å². The number of anilines is 3. The number of nitrogens with one attached hydrogen (secondary N) is 3. The molecule has 6 heteroatoms. The van der Waals surface area contributed by atoms with Gasteiger partial charge >= 0.3 is 0 Å². The summed E-state index contributed by atoms with van der Waals surface area (Å²) in [6.07, 6.45) is 0.128. The van der Waals surface area contributed by atoms with E-state index in [2.05, 4.69) is 31.9 Å². The third-order valence-corrected chi connectivity index (χ3v) is 4.18. The van der Waals surface area contributed by atoms with E-state index in [-0.39, 0.29) is 18.2 Å². The number of carbonyl (C=O) groups is 2. The number of hydrogen-bond donors (Lipinski definition) is 3. The maximum absolute atomic E-state index is 12.3. The molecule has 2 amide bonds. The van der Waals surface area contributed by atoms with Crippen LogP contribution in [-0.2, 0) is 9.59 Å². The van der Waals surface area contributed by atoms with Crippen molar-refractivity contribution >= 4 is 44.8 Å². The molecule has 0 spiro atoms. The predicted octanol–water partition coefficient (Wildman–Crippen LogP) is 3.46. The smallest absolute Gasteiger partial charge is 0.229 e. The molecular weight excluding hydrogens is 358 g/mol. The van der Waals surface area contributed by atoms with Gasteiger partial charge in [-0.05, 0) is 36.4 Å². The number of carbonyl (C=O) groups excluding carboxylic acids is 2. The van der Waals surface area contributed by atoms with Gasteiger partial charge in [0.1, 0.15) is 0 Å². The van der Waals surface area contributed by atoms with Gasteiger partial charge < -0.3 is 16.0 Å². The number of hydrogen-bond acceptors (Lipinski definition) is 3. The summed E-state index contributed by atoms with van der Waals surface area (Å²) in [7, 11) is 0. The SMILES string of the molecule is O=C(CC1CNc2ccccc2NC1=O)Nc1ccc(Br)cc1. The molecule has 5 nitrogen and oxygen atoms in total. The Morgan fingerprint density at radius 1 is 1.13 bits per heavy atom. The van der Waals surface area contributed by atoms with Crippen LogP contribution in [-0.4, -0.2) is 18.4 Å². The second kappa shape index (κ2) is 6.83. The average molecular weight is 374 g/mol. The summed E-state index contributed by atoms with van der Waals surface area (Å²) in [5.41, 5.74) is 2.33. The number of benzene rings is 2. The third kappa shape index (κ3) is 3.90. The number of fused-ring (bicyclic) bond motifs is 1. The Morgan fingerprint density at radius 3 is 2.57 bits per heavy atom. The van der Waals surface area contributed by atoms with E-state index in [9.17, 15) is 9.59 Å². The summed E-state index contributed by atoms with van der Waals surface area (Å²) in [6, 6.07) is 14.8. The van der Waals surface area contributed by atoms with Crippen LogP contribution in [0.5, 0.6) is 0 Å². The van der Waals surface area contributed by atoms with Crippen molar-refractivity contribution in [3.63, 3.8) is 0 Å². The van der Waals surface area contributed by atoms with Gasteiger partial charge in [-0.2, -0.15) is 0 Å². The van der Waals surface area contributed by atoms with Crippen LogP contribution in [0.3, 0.4) is 0 Å². The van der Waals surface area contributed by atoms with Crippen LogP contribution in [0, 0.1) is 5.92 Å². The van der Waals surface area contributed by atoms with Crippen LogP contribution in [0.2, 0.25) is 0 Å². The van der Waals surface area contributed by atoms with Crippen LogP contribution in [0.4, 0.5) is 17.1 Å². The molecule has 1 aliphatic heterocycles. The Hall–Kier alpha value is -2.34. The van der Waals surface area contributed by atoms with Gasteiger partial charge in [-0.15, -0.1) is 0 Å². The monoisotopic (exact) mass is 373 g/mol. The van der Waals surface area contributed by atoms with Gasteiger partial charge in [-0.3, -0.25) is 9.59 Å². The molecule has 0 fully saturated rings. The standard InChI is InChI=1S/C17H16BrN3O2/c18-12-5-7-13(8-6-12)20-16(22)9-11-10-19-14-3-1-2-4-15(14)21-17(11)23/h1-8,11,19H,9-10H2,(H,20,22)(H,21,23). The highest BCUT2D eigenvalue weighted by Gasteiger charge is 2.25. The number of amides is 2. The molecule has 0 aromatic heterocycles. The molecule has 1 aliphatic rings. The zero-order chi connectivity index (χ0) is 16.2. The minimum absolute atomic E-state index is 0.128. The van der Waals surface area contributed by atoms with E-state index in [1.165, 1.54) is 0 Å². The Labute approximate surface area is 142 Å². The number of rotatable bonds is 3. The molecule has 1 unspecified atom stereocenters. The minimum Gasteiger partial charge on any atom is -0.383 e. The lowest BCUT2D eigenvalue weighted by Crippen LogP contribution is -2.30. The molecule has 0 bridgehead atoms. The van der Waals surface area contributed by atoms with Gasteiger partial charge in [-0.25, -0.2) is 0 Å². The fourth-order valence-corrected chi connectivity index (χ4v) is 2.71. The van der Waals surface area contributed by atoms with Gasteiger partial charge in [-0.1, -0.05) is 28.1 Å². The first-order chi connectivity index (χ1) is 11.1. The highest BCUT2D eigenvalue weighted by Crippen LogP contribution is 2.25. The van der Waals surface area contributed by atoms with E-state index in [1.54, 1.807) is 0 Å². The lowest BCUT2D eigenvalue weighted by Gasteiger charge is -2.13. The number of para-hydroxylation sites is 2. The summed E-state index contributed by atoms with van der Waals surface area (Å²) in [6.45, 7) is 0.427. The van der Waals surface area contributed by atoms with Crippen LogP contribution < -0.4 is 16.0 Å². The van der Waals surface area contributed by atoms with Crippen LogP contribution in [0.1, 0.15) is 6.42 Å². The third-order valence-electron chi connectivity index (χ3n) is 3.65. The van der Waals surface area contributed by atoms with Crippen LogP contribution >= 0.6 is 15.9 Å². The van der Waals surface area contributed by atoms with Gasteiger partial charge in [0, 0.05) is 23.1 Å². The molecule has 0 radical (unpaired) electrons.